The molecule has 0 aliphatic carbocycles. The van der Waals surface area contributed by atoms with Crippen molar-refractivity contribution in [1.29, 1.82) is 0 Å². The Labute approximate surface area is 152 Å². The van der Waals surface area contributed by atoms with Crippen LogP contribution in [0.4, 0.5) is 5.82 Å². The second-order valence-electron chi connectivity index (χ2n) is 6.24. The van der Waals surface area contributed by atoms with Gasteiger partial charge < -0.3 is 14.5 Å². The van der Waals surface area contributed by atoms with Crippen LogP contribution in [0, 0.1) is 0 Å². The molecule has 1 aromatic heterocycles. The van der Waals surface area contributed by atoms with Crippen LogP contribution in [0.15, 0.2) is 36.4 Å². The van der Waals surface area contributed by atoms with Gasteiger partial charge >= 0.3 is 0 Å². The molecule has 0 N–H and O–H groups in total. The van der Waals surface area contributed by atoms with Gasteiger partial charge in [-0.3, -0.25) is 4.79 Å². The molecule has 1 fully saturated rings. The summed E-state index contributed by atoms with van der Waals surface area (Å²) in [6.07, 6.45) is 1.66. The molecule has 1 amide bonds. The highest BCUT2D eigenvalue weighted by Crippen LogP contribution is 2.22. The van der Waals surface area contributed by atoms with E-state index < -0.39 is 0 Å². The highest BCUT2D eigenvalue weighted by Gasteiger charge is 2.27. The average Bonchev–Trinajstić information content (AvgIpc) is 2.62. The number of hydrogen-bond acceptors (Lipinski definition) is 5. The standard InChI is InChI=1S/C18H21ClN4O2/c1-22(2)16-9-10-17(21-20-16)25-13-6-5-11-23(12-13)18(24)14-7-3-4-8-15(14)19/h3-4,7-10,13H,5-6,11-12H2,1-2H3. The zero-order valence-electron chi connectivity index (χ0n) is 14.4. The fourth-order valence-corrected chi connectivity index (χ4v) is 3.03. The zero-order chi connectivity index (χ0) is 17.8. The molecular weight excluding hydrogens is 340 g/mol. The molecule has 132 valence electrons. The lowest BCUT2D eigenvalue weighted by Gasteiger charge is -2.32. The number of piperidine rings is 1. The number of carbonyl (C=O) groups is 1. The number of ether oxygens (including phenoxy) is 1. The maximum Gasteiger partial charge on any atom is 0.255 e. The first-order valence-electron chi connectivity index (χ1n) is 8.26. The predicted octanol–water partition coefficient (Wildman–Crippen LogP) is 2.88. The van der Waals surface area contributed by atoms with Crippen molar-refractivity contribution >= 4 is 23.3 Å². The Bertz CT molecular complexity index is 736. The van der Waals surface area contributed by atoms with Gasteiger partial charge in [-0.05, 0) is 31.0 Å². The fraction of sp³-hybridized carbons (Fsp3) is 0.389. The van der Waals surface area contributed by atoms with Crippen molar-refractivity contribution in [2.45, 2.75) is 18.9 Å². The van der Waals surface area contributed by atoms with Gasteiger partial charge in [-0.2, -0.15) is 0 Å². The van der Waals surface area contributed by atoms with Crippen LogP contribution in [0.2, 0.25) is 5.02 Å². The topological polar surface area (TPSA) is 58.6 Å². The Balaban J connectivity index is 1.65. The molecule has 1 aliphatic heterocycles. The molecule has 2 heterocycles. The van der Waals surface area contributed by atoms with E-state index in [1.165, 1.54) is 0 Å². The number of nitrogens with zero attached hydrogens (tertiary/aromatic N) is 4. The van der Waals surface area contributed by atoms with Crippen LogP contribution in [0.3, 0.4) is 0 Å². The maximum atomic E-state index is 12.7. The number of carbonyl (C=O) groups excluding carboxylic acids is 1. The first-order chi connectivity index (χ1) is 12.0. The van der Waals surface area contributed by atoms with E-state index in [2.05, 4.69) is 10.2 Å². The maximum absolute atomic E-state index is 12.7. The summed E-state index contributed by atoms with van der Waals surface area (Å²) in [7, 11) is 3.81. The molecule has 7 heteroatoms. The van der Waals surface area contributed by atoms with E-state index >= 15 is 0 Å². The van der Waals surface area contributed by atoms with Crippen LogP contribution >= 0.6 is 11.6 Å². The smallest absolute Gasteiger partial charge is 0.255 e. The molecule has 2 aromatic rings. The van der Waals surface area contributed by atoms with Crippen molar-refractivity contribution in [3.05, 3.63) is 47.0 Å². The van der Waals surface area contributed by atoms with Crippen molar-refractivity contribution in [2.24, 2.45) is 0 Å². The van der Waals surface area contributed by atoms with Crippen molar-refractivity contribution in [2.75, 3.05) is 32.1 Å². The van der Waals surface area contributed by atoms with Gasteiger partial charge in [0.2, 0.25) is 5.88 Å². The minimum absolute atomic E-state index is 0.0621. The van der Waals surface area contributed by atoms with Gasteiger partial charge in [-0.1, -0.05) is 23.7 Å². The number of hydrogen-bond donors (Lipinski definition) is 0. The van der Waals surface area contributed by atoms with Gasteiger partial charge in [0.05, 0.1) is 17.1 Å². The van der Waals surface area contributed by atoms with Crippen LogP contribution < -0.4 is 9.64 Å². The number of aromatic nitrogens is 2. The number of halogens is 1. The summed E-state index contributed by atoms with van der Waals surface area (Å²) in [5.74, 6) is 1.18. The van der Waals surface area contributed by atoms with Crippen molar-refractivity contribution in [3.63, 3.8) is 0 Å². The van der Waals surface area contributed by atoms with E-state index in [1.54, 1.807) is 23.1 Å². The lowest BCUT2D eigenvalue weighted by Crippen LogP contribution is -2.44. The minimum atomic E-state index is -0.0975. The van der Waals surface area contributed by atoms with E-state index in [0.717, 1.165) is 18.7 Å². The Morgan fingerprint density at radius 3 is 2.72 bits per heavy atom. The van der Waals surface area contributed by atoms with E-state index in [0.29, 0.717) is 29.6 Å². The summed E-state index contributed by atoms with van der Waals surface area (Å²) in [5, 5.41) is 8.68. The van der Waals surface area contributed by atoms with Crippen LogP contribution in [0.5, 0.6) is 5.88 Å². The van der Waals surface area contributed by atoms with E-state index in [4.69, 9.17) is 16.3 Å². The first-order valence-corrected chi connectivity index (χ1v) is 8.64. The van der Waals surface area contributed by atoms with Gasteiger partial charge in [-0.15, -0.1) is 10.2 Å². The second kappa shape index (κ2) is 7.70. The zero-order valence-corrected chi connectivity index (χ0v) is 15.1. The molecule has 0 saturated carbocycles. The molecular formula is C18H21ClN4O2. The first kappa shape index (κ1) is 17.5. The predicted molar refractivity (Wildman–Crippen MR) is 97.4 cm³/mol. The number of amides is 1. The van der Waals surface area contributed by atoms with E-state index in [-0.39, 0.29) is 12.0 Å². The normalized spacial score (nSPS) is 17.2. The molecule has 1 atom stereocenters. The lowest BCUT2D eigenvalue weighted by atomic mass is 10.1. The minimum Gasteiger partial charge on any atom is -0.471 e. The van der Waals surface area contributed by atoms with Crippen LogP contribution in [0.1, 0.15) is 23.2 Å². The second-order valence-corrected chi connectivity index (χ2v) is 6.64. The molecule has 1 aliphatic rings. The third-order valence-electron chi connectivity index (χ3n) is 4.14. The van der Waals surface area contributed by atoms with Crippen molar-refractivity contribution in [3.8, 4) is 5.88 Å². The largest absolute Gasteiger partial charge is 0.471 e. The third-order valence-corrected chi connectivity index (χ3v) is 4.47. The molecule has 1 saturated heterocycles. The molecule has 0 spiro atoms. The van der Waals surface area contributed by atoms with Gasteiger partial charge in [-0.25, -0.2) is 0 Å². The van der Waals surface area contributed by atoms with Gasteiger partial charge in [0, 0.05) is 26.7 Å². The van der Waals surface area contributed by atoms with Gasteiger partial charge in [0.15, 0.2) is 5.82 Å². The molecule has 25 heavy (non-hydrogen) atoms. The van der Waals surface area contributed by atoms with Crippen LogP contribution in [-0.2, 0) is 0 Å². The fourth-order valence-electron chi connectivity index (χ4n) is 2.81. The summed E-state index contributed by atoms with van der Waals surface area (Å²) in [5.41, 5.74) is 0.528. The van der Waals surface area contributed by atoms with Crippen LogP contribution in [-0.4, -0.2) is 54.3 Å². The number of rotatable bonds is 4. The summed E-state index contributed by atoms with van der Waals surface area (Å²) in [4.78, 5) is 16.4. The van der Waals surface area contributed by atoms with Gasteiger partial charge in [0.1, 0.15) is 6.10 Å². The van der Waals surface area contributed by atoms with Crippen molar-refractivity contribution < 1.29 is 9.53 Å². The molecule has 6 nitrogen and oxygen atoms in total. The molecule has 1 unspecified atom stereocenters. The molecule has 0 bridgehead atoms. The average molecular weight is 361 g/mol. The van der Waals surface area contributed by atoms with Crippen LogP contribution in [0.25, 0.3) is 0 Å². The summed E-state index contributed by atoms with van der Waals surface area (Å²) >= 11 is 6.14. The highest BCUT2D eigenvalue weighted by atomic mass is 35.5. The quantitative estimate of drug-likeness (QED) is 0.839. The molecule has 1 aromatic carbocycles. The summed E-state index contributed by atoms with van der Waals surface area (Å²) in [6.45, 7) is 1.22. The van der Waals surface area contributed by atoms with E-state index in [9.17, 15) is 4.79 Å². The monoisotopic (exact) mass is 360 g/mol. The SMILES string of the molecule is CN(C)c1ccc(OC2CCCN(C(=O)c3ccccc3Cl)C2)nn1. The molecule has 3 rings (SSSR count). The Hall–Kier alpha value is -2.34. The highest BCUT2D eigenvalue weighted by molar-refractivity contribution is 6.33. The number of likely N-dealkylation sites (tertiary alicyclic amines) is 1. The van der Waals surface area contributed by atoms with Gasteiger partial charge in [0.25, 0.3) is 5.91 Å². The Morgan fingerprint density at radius 1 is 1.24 bits per heavy atom. The Kier molecular flexibility index (Phi) is 5.38. The number of benzene rings is 1. The third kappa shape index (κ3) is 4.20. The summed E-state index contributed by atoms with van der Waals surface area (Å²) < 4.78 is 5.92. The van der Waals surface area contributed by atoms with E-state index in [1.807, 2.05) is 37.2 Å². The van der Waals surface area contributed by atoms with Crippen molar-refractivity contribution in [1.82, 2.24) is 15.1 Å². The lowest BCUT2D eigenvalue weighted by molar-refractivity contribution is 0.0526. The summed E-state index contributed by atoms with van der Waals surface area (Å²) in [6, 6.07) is 10.8. The molecule has 0 radical (unpaired) electrons. The Morgan fingerprint density at radius 2 is 2.04 bits per heavy atom. The number of anilines is 1.